The van der Waals surface area contributed by atoms with Crippen molar-refractivity contribution < 1.29 is 24.2 Å². The molecule has 2 rings (SSSR count). The number of amides is 2. The highest BCUT2D eigenvalue weighted by molar-refractivity contribution is 8.26. The van der Waals surface area contributed by atoms with E-state index < -0.39 is 5.97 Å². The van der Waals surface area contributed by atoms with Gasteiger partial charge in [-0.3, -0.25) is 19.3 Å². The van der Waals surface area contributed by atoms with Crippen molar-refractivity contribution in [2.45, 2.75) is 19.3 Å². The molecule has 0 spiro atoms. The second-order valence-electron chi connectivity index (χ2n) is 5.70. The van der Waals surface area contributed by atoms with Crippen molar-refractivity contribution in [3.05, 3.63) is 34.7 Å². The smallest absolute Gasteiger partial charge is 0.305 e. The summed E-state index contributed by atoms with van der Waals surface area (Å²) in [7, 11) is 1.59. The third-order valence-electron chi connectivity index (χ3n) is 3.73. The number of hydrogen-bond donors (Lipinski definition) is 2. The molecule has 1 heterocycles. The van der Waals surface area contributed by atoms with Crippen LogP contribution in [0.4, 0.5) is 0 Å². The molecule has 0 atom stereocenters. The fourth-order valence-corrected chi connectivity index (χ4v) is 3.65. The molecule has 7 nitrogen and oxygen atoms in total. The van der Waals surface area contributed by atoms with Crippen LogP contribution in [0.3, 0.4) is 0 Å². The highest BCUT2D eigenvalue weighted by atomic mass is 32.2. The number of carbonyl (C=O) groups excluding carboxylic acids is 2. The van der Waals surface area contributed by atoms with E-state index >= 15 is 0 Å². The fourth-order valence-electron chi connectivity index (χ4n) is 2.34. The van der Waals surface area contributed by atoms with Gasteiger partial charge in [0.25, 0.3) is 5.91 Å². The van der Waals surface area contributed by atoms with Crippen molar-refractivity contribution >= 4 is 52.2 Å². The maximum absolute atomic E-state index is 12.5. The van der Waals surface area contributed by atoms with Crippen LogP contribution in [0.15, 0.2) is 29.2 Å². The number of nitrogens with zero attached hydrogens (tertiary/aromatic N) is 1. The molecule has 2 N–H and O–H groups in total. The van der Waals surface area contributed by atoms with Crippen LogP contribution in [0.25, 0.3) is 6.08 Å². The van der Waals surface area contributed by atoms with Crippen LogP contribution in [0.2, 0.25) is 0 Å². The quantitative estimate of drug-likeness (QED) is 0.478. The summed E-state index contributed by atoms with van der Waals surface area (Å²) < 4.78 is 5.57. The molecule has 0 aliphatic carbocycles. The Balaban J connectivity index is 1.85. The molecule has 1 saturated heterocycles. The van der Waals surface area contributed by atoms with Gasteiger partial charge in [-0.25, -0.2) is 0 Å². The minimum Gasteiger partial charge on any atom is -0.497 e. The molecule has 1 fully saturated rings. The number of benzene rings is 1. The van der Waals surface area contributed by atoms with Crippen molar-refractivity contribution in [1.29, 1.82) is 0 Å². The van der Waals surface area contributed by atoms with Crippen LogP contribution in [0.1, 0.15) is 24.8 Å². The van der Waals surface area contributed by atoms with Crippen LogP contribution in [0.5, 0.6) is 5.75 Å². The summed E-state index contributed by atoms with van der Waals surface area (Å²) in [5.74, 6) is -0.639. The molecule has 1 aromatic carbocycles. The van der Waals surface area contributed by atoms with Gasteiger partial charge < -0.3 is 15.2 Å². The largest absolute Gasteiger partial charge is 0.497 e. The Hall–Kier alpha value is -2.39. The van der Waals surface area contributed by atoms with Crippen molar-refractivity contribution in [3.8, 4) is 5.75 Å². The van der Waals surface area contributed by atoms with E-state index in [4.69, 9.17) is 22.1 Å². The van der Waals surface area contributed by atoms with Crippen molar-refractivity contribution in [2.24, 2.45) is 0 Å². The number of aliphatic carboxylic acids is 1. The van der Waals surface area contributed by atoms with Gasteiger partial charge in [0.15, 0.2) is 0 Å². The molecule has 0 saturated carbocycles. The molecule has 144 valence electrons. The van der Waals surface area contributed by atoms with E-state index in [9.17, 15) is 14.4 Å². The van der Waals surface area contributed by atoms with E-state index in [0.717, 1.165) is 11.3 Å². The molecule has 0 aromatic heterocycles. The fraction of sp³-hybridized carbons (Fsp3) is 0.333. The number of nitrogens with one attached hydrogen (secondary N) is 1. The normalized spacial score (nSPS) is 15.3. The molecule has 0 bridgehead atoms. The van der Waals surface area contributed by atoms with Crippen molar-refractivity contribution in [2.75, 3.05) is 20.2 Å². The first-order valence-corrected chi connectivity index (χ1v) is 9.51. The zero-order valence-electron chi connectivity index (χ0n) is 14.8. The minimum absolute atomic E-state index is 0.0970. The SMILES string of the molecule is COc1ccc(/C=C2\SC(=S)N(CCCC(=O)NCCC(=O)O)C2=O)cc1. The molecule has 9 heteroatoms. The van der Waals surface area contributed by atoms with Gasteiger partial charge in [-0.1, -0.05) is 36.1 Å². The van der Waals surface area contributed by atoms with Crippen LogP contribution < -0.4 is 10.1 Å². The predicted octanol–water partition coefficient (Wildman–Crippen LogP) is 2.27. The number of thioether (sulfide) groups is 1. The van der Waals surface area contributed by atoms with E-state index in [-0.39, 0.29) is 31.2 Å². The topological polar surface area (TPSA) is 95.9 Å². The number of carboxylic acids is 1. The van der Waals surface area contributed by atoms with E-state index in [0.29, 0.717) is 22.2 Å². The van der Waals surface area contributed by atoms with Gasteiger partial charge in [-0.2, -0.15) is 0 Å². The third kappa shape index (κ3) is 6.37. The molecule has 27 heavy (non-hydrogen) atoms. The lowest BCUT2D eigenvalue weighted by Crippen LogP contribution is -2.31. The summed E-state index contributed by atoms with van der Waals surface area (Å²) in [6, 6.07) is 7.34. The van der Waals surface area contributed by atoms with E-state index in [1.807, 2.05) is 24.3 Å². The maximum atomic E-state index is 12.5. The summed E-state index contributed by atoms with van der Waals surface area (Å²) in [6.07, 6.45) is 2.31. The highest BCUT2D eigenvalue weighted by Crippen LogP contribution is 2.32. The zero-order chi connectivity index (χ0) is 19.8. The van der Waals surface area contributed by atoms with E-state index in [1.165, 1.54) is 16.7 Å². The Labute approximate surface area is 166 Å². The second kappa shape index (κ2) is 10.1. The monoisotopic (exact) mass is 408 g/mol. The summed E-state index contributed by atoms with van der Waals surface area (Å²) in [6.45, 7) is 0.441. The first-order chi connectivity index (χ1) is 12.9. The van der Waals surface area contributed by atoms with Gasteiger partial charge in [0.1, 0.15) is 10.1 Å². The van der Waals surface area contributed by atoms with Crippen molar-refractivity contribution in [3.63, 3.8) is 0 Å². The first kappa shape index (κ1) is 20.9. The zero-order valence-corrected chi connectivity index (χ0v) is 16.4. The molecule has 0 radical (unpaired) electrons. The van der Waals surface area contributed by atoms with Crippen molar-refractivity contribution in [1.82, 2.24) is 10.2 Å². The maximum Gasteiger partial charge on any atom is 0.305 e. The number of methoxy groups -OCH3 is 1. The summed E-state index contributed by atoms with van der Waals surface area (Å²) in [5.41, 5.74) is 0.870. The number of ether oxygens (including phenoxy) is 1. The Morgan fingerprint density at radius 3 is 2.63 bits per heavy atom. The van der Waals surface area contributed by atoms with Crippen LogP contribution >= 0.6 is 24.0 Å². The summed E-state index contributed by atoms with van der Waals surface area (Å²) in [5, 5.41) is 11.1. The molecule has 2 amide bonds. The molecule has 1 aromatic rings. The second-order valence-corrected chi connectivity index (χ2v) is 7.38. The Kier molecular flexibility index (Phi) is 7.81. The highest BCUT2D eigenvalue weighted by Gasteiger charge is 2.31. The van der Waals surface area contributed by atoms with Gasteiger partial charge in [-0.05, 0) is 30.2 Å². The lowest BCUT2D eigenvalue weighted by atomic mass is 10.2. The van der Waals surface area contributed by atoms with E-state index in [2.05, 4.69) is 5.32 Å². The number of thiocarbonyl (C=S) groups is 1. The third-order valence-corrected chi connectivity index (χ3v) is 5.11. The van der Waals surface area contributed by atoms with Gasteiger partial charge >= 0.3 is 5.97 Å². The molecule has 0 unspecified atom stereocenters. The number of rotatable bonds is 9. The van der Waals surface area contributed by atoms with Crippen LogP contribution in [-0.4, -0.2) is 52.3 Å². The summed E-state index contributed by atoms with van der Waals surface area (Å²) in [4.78, 5) is 36.6. The van der Waals surface area contributed by atoms with E-state index in [1.54, 1.807) is 13.2 Å². The Morgan fingerprint density at radius 2 is 2.00 bits per heavy atom. The summed E-state index contributed by atoms with van der Waals surface area (Å²) >= 11 is 6.50. The van der Waals surface area contributed by atoms with Gasteiger partial charge in [0.05, 0.1) is 18.4 Å². The van der Waals surface area contributed by atoms with Gasteiger partial charge in [-0.15, -0.1) is 0 Å². The molecular weight excluding hydrogens is 388 g/mol. The Bertz CT molecular complexity index is 762. The standard InChI is InChI=1S/C18H20N2O5S2/c1-25-13-6-4-12(5-7-13)11-14-17(24)20(18(26)27-14)10-2-3-15(21)19-9-8-16(22)23/h4-7,11H,2-3,8-10H2,1H3,(H,19,21)(H,22,23)/b14-11-. The predicted molar refractivity (Wildman–Crippen MR) is 107 cm³/mol. The lowest BCUT2D eigenvalue weighted by Gasteiger charge is -2.14. The Morgan fingerprint density at radius 1 is 1.30 bits per heavy atom. The molecule has 1 aliphatic rings. The van der Waals surface area contributed by atoms with Crippen LogP contribution in [0, 0.1) is 0 Å². The average molecular weight is 409 g/mol. The number of carbonyl (C=O) groups is 3. The van der Waals surface area contributed by atoms with Gasteiger partial charge in [0, 0.05) is 19.5 Å². The number of hydrogen-bond acceptors (Lipinski definition) is 6. The van der Waals surface area contributed by atoms with Crippen LogP contribution in [-0.2, 0) is 14.4 Å². The number of carboxylic acid groups (broad SMARTS) is 1. The van der Waals surface area contributed by atoms with Gasteiger partial charge in [0.2, 0.25) is 5.91 Å². The first-order valence-electron chi connectivity index (χ1n) is 8.28. The molecule has 1 aliphatic heterocycles. The minimum atomic E-state index is -0.962. The average Bonchev–Trinajstić information content (AvgIpc) is 2.89. The lowest BCUT2D eigenvalue weighted by molar-refractivity contribution is -0.137. The molecular formula is C18H20N2O5S2.